The molecule has 0 fully saturated rings. The lowest BCUT2D eigenvalue weighted by atomic mass is 10.0. The van der Waals surface area contributed by atoms with Crippen molar-refractivity contribution in [2.75, 3.05) is 0 Å². The van der Waals surface area contributed by atoms with Crippen molar-refractivity contribution in [3.8, 4) is 16.8 Å². The normalized spacial score (nSPS) is 12.3. The zero-order chi connectivity index (χ0) is 42.5. The Bertz CT molecular complexity index is 3190. The molecule has 0 radical (unpaired) electrons. The van der Waals surface area contributed by atoms with Gasteiger partial charge in [-0.2, -0.15) is 0 Å². The summed E-state index contributed by atoms with van der Waals surface area (Å²) in [7, 11) is -5.80. The number of rotatable bonds is 9. The van der Waals surface area contributed by atoms with Gasteiger partial charge >= 0.3 is 0 Å². The van der Waals surface area contributed by atoms with E-state index >= 15 is 0 Å². The SMILES string of the molecule is c1ccc([Si](c2ccccc2)(c2ccccc2)c2ccc3c(c2)-c2cc(-n4c5ccccc5c5ccccc54)cc([Si](c4ccccc4)(c4ccccc4)c4ccccc4)c2C3)cc1. The Balaban J connectivity index is 1.22. The number of hydrogen-bond acceptors (Lipinski definition) is 0. The molecule has 1 heterocycles. The molecule has 302 valence electrons. The van der Waals surface area contributed by atoms with Crippen LogP contribution in [0.15, 0.2) is 261 Å². The molecule has 0 atom stereocenters. The quantitative estimate of drug-likeness (QED) is 0.101. The lowest BCUT2D eigenvalue weighted by molar-refractivity contribution is 1.18. The Morgan fingerprint density at radius 2 is 0.672 bits per heavy atom. The Morgan fingerprint density at radius 3 is 1.09 bits per heavy atom. The molecule has 1 aliphatic carbocycles. The topological polar surface area (TPSA) is 4.93 Å². The first-order valence-corrected chi connectivity index (χ1v) is 26.4. The minimum Gasteiger partial charge on any atom is -0.309 e. The summed E-state index contributed by atoms with van der Waals surface area (Å²) in [4.78, 5) is 0. The number of nitrogens with zero attached hydrogens (tertiary/aromatic N) is 1. The van der Waals surface area contributed by atoms with Crippen molar-refractivity contribution < 1.29 is 0 Å². The van der Waals surface area contributed by atoms with Gasteiger partial charge in [-0.05, 0) is 94.4 Å². The first-order chi connectivity index (χ1) is 31.8. The van der Waals surface area contributed by atoms with Crippen LogP contribution in [0.2, 0.25) is 0 Å². The first-order valence-electron chi connectivity index (χ1n) is 22.4. The van der Waals surface area contributed by atoms with Crippen molar-refractivity contribution in [1.82, 2.24) is 4.57 Å². The van der Waals surface area contributed by atoms with Gasteiger partial charge in [0.15, 0.2) is 16.1 Å². The minimum absolute atomic E-state index is 0.867. The summed E-state index contributed by atoms with van der Waals surface area (Å²) in [5.41, 5.74) is 9.13. The molecule has 0 unspecified atom stereocenters. The van der Waals surface area contributed by atoms with Crippen LogP contribution in [-0.4, -0.2) is 20.7 Å². The van der Waals surface area contributed by atoms with Gasteiger partial charge in [-0.3, -0.25) is 0 Å². The lowest BCUT2D eigenvalue weighted by Crippen LogP contribution is -2.75. The number of benzene rings is 10. The van der Waals surface area contributed by atoms with Crippen LogP contribution in [-0.2, 0) is 6.42 Å². The van der Waals surface area contributed by atoms with E-state index in [2.05, 4.69) is 265 Å². The molecule has 1 nitrogen and oxygen atoms in total. The third-order valence-corrected chi connectivity index (χ3v) is 23.5. The highest BCUT2D eigenvalue weighted by molar-refractivity contribution is 7.20. The van der Waals surface area contributed by atoms with Gasteiger partial charge in [0.1, 0.15) is 0 Å². The van der Waals surface area contributed by atoms with Crippen molar-refractivity contribution in [1.29, 1.82) is 0 Å². The van der Waals surface area contributed by atoms with Crippen LogP contribution in [0.1, 0.15) is 11.1 Å². The second-order valence-corrected chi connectivity index (χ2v) is 24.7. The predicted molar refractivity (Wildman–Crippen MR) is 276 cm³/mol. The van der Waals surface area contributed by atoms with Crippen molar-refractivity contribution >= 4 is 79.4 Å². The van der Waals surface area contributed by atoms with Gasteiger partial charge < -0.3 is 4.57 Å². The second-order valence-electron chi connectivity index (χ2n) is 17.1. The fraction of sp³-hybridized carbons (Fsp3) is 0.0164. The number of para-hydroxylation sites is 2. The van der Waals surface area contributed by atoms with E-state index in [-0.39, 0.29) is 0 Å². The summed E-state index contributed by atoms with van der Waals surface area (Å²) >= 11 is 0. The largest absolute Gasteiger partial charge is 0.309 e. The van der Waals surface area contributed by atoms with Gasteiger partial charge in [-0.1, -0.05) is 237 Å². The first kappa shape index (κ1) is 38.1. The molecule has 0 amide bonds. The van der Waals surface area contributed by atoms with Crippen LogP contribution < -0.4 is 41.5 Å². The Labute approximate surface area is 377 Å². The Hall–Kier alpha value is -7.57. The molecular formula is C61H45NSi2. The van der Waals surface area contributed by atoms with Gasteiger partial charge in [-0.25, -0.2) is 0 Å². The molecule has 11 aromatic rings. The number of aromatic nitrogens is 1. The maximum Gasteiger partial charge on any atom is 0.180 e. The van der Waals surface area contributed by atoms with Gasteiger partial charge in [-0.15, -0.1) is 0 Å². The van der Waals surface area contributed by atoms with Crippen LogP contribution in [0.4, 0.5) is 0 Å². The van der Waals surface area contributed by atoms with Crippen LogP contribution >= 0.6 is 0 Å². The highest BCUT2D eigenvalue weighted by Gasteiger charge is 2.46. The third kappa shape index (κ3) is 5.82. The summed E-state index contributed by atoms with van der Waals surface area (Å²) in [6.07, 6.45) is 0.867. The molecule has 0 aliphatic heterocycles. The van der Waals surface area contributed by atoms with Gasteiger partial charge in [0.05, 0.1) is 11.0 Å². The Morgan fingerprint density at radius 1 is 0.297 bits per heavy atom. The fourth-order valence-electron chi connectivity index (χ4n) is 11.3. The van der Waals surface area contributed by atoms with Crippen LogP contribution in [0.5, 0.6) is 0 Å². The highest BCUT2D eigenvalue weighted by atomic mass is 28.3. The number of fused-ring (bicyclic) bond motifs is 6. The van der Waals surface area contributed by atoms with E-state index in [4.69, 9.17) is 0 Å². The van der Waals surface area contributed by atoms with Crippen LogP contribution in [0.3, 0.4) is 0 Å². The fourth-order valence-corrected chi connectivity index (χ4v) is 21.1. The van der Waals surface area contributed by atoms with E-state index < -0.39 is 16.1 Å². The average Bonchev–Trinajstić information content (AvgIpc) is 3.92. The summed E-state index contributed by atoms with van der Waals surface area (Å²) in [6, 6.07) is 98.8. The molecule has 3 heteroatoms. The molecule has 0 bridgehead atoms. The average molecular weight is 848 g/mol. The molecule has 0 N–H and O–H groups in total. The summed E-state index contributed by atoms with van der Waals surface area (Å²) < 4.78 is 2.54. The molecule has 1 aromatic heterocycles. The standard InChI is InChI=1S/C61H45NSi2/c1-7-23-47(24-8-1)63(48-25-9-2-10-26-48,49-27-11-3-12-28-49)53-40-39-45-41-58-57(56(45)44-53)42-46(62-59-37-21-19-35-54(59)55-36-20-22-38-60(55)62)43-61(58)64(50-29-13-4-14-30-50,51-31-15-5-16-32-51)52-33-17-6-18-34-52/h1-40,42-44H,41H2. The Kier molecular flexibility index (Phi) is 9.33. The molecule has 0 saturated heterocycles. The van der Waals surface area contributed by atoms with Crippen molar-refractivity contribution in [2.45, 2.75) is 6.42 Å². The van der Waals surface area contributed by atoms with E-state index in [0.717, 1.165) is 6.42 Å². The molecular weight excluding hydrogens is 803 g/mol. The van der Waals surface area contributed by atoms with E-state index in [1.165, 1.54) is 91.2 Å². The third-order valence-electron chi connectivity index (χ3n) is 13.9. The molecule has 10 aromatic carbocycles. The van der Waals surface area contributed by atoms with Crippen molar-refractivity contribution in [2.24, 2.45) is 0 Å². The molecule has 12 rings (SSSR count). The second kappa shape index (κ2) is 15.7. The maximum atomic E-state index is 2.61. The summed E-state index contributed by atoms with van der Waals surface area (Å²) in [5, 5.41) is 13.7. The summed E-state index contributed by atoms with van der Waals surface area (Å²) in [5.74, 6) is 0. The molecule has 0 spiro atoms. The van der Waals surface area contributed by atoms with Crippen molar-refractivity contribution in [3.05, 3.63) is 272 Å². The minimum atomic E-state index is -2.99. The highest BCUT2D eigenvalue weighted by Crippen LogP contribution is 2.40. The maximum absolute atomic E-state index is 2.99. The summed E-state index contributed by atoms with van der Waals surface area (Å²) in [6.45, 7) is 0. The molecule has 1 aliphatic rings. The van der Waals surface area contributed by atoms with Crippen LogP contribution in [0.25, 0.3) is 38.6 Å². The van der Waals surface area contributed by atoms with E-state index in [0.29, 0.717) is 0 Å². The lowest BCUT2D eigenvalue weighted by Gasteiger charge is -2.36. The van der Waals surface area contributed by atoms with Gasteiger partial charge in [0.25, 0.3) is 0 Å². The van der Waals surface area contributed by atoms with Gasteiger partial charge in [0, 0.05) is 16.5 Å². The smallest absolute Gasteiger partial charge is 0.180 e. The van der Waals surface area contributed by atoms with E-state index in [1.807, 2.05) is 0 Å². The van der Waals surface area contributed by atoms with Gasteiger partial charge in [0.2, 0.25) is 0 Å². The monoisotopic (exact) mass is 847 g/mol. The zero-order valence-corrected chi connectivity index (χ0v) is 37.5. The number of hydrogen-bond donors (Lipinski definition) is 0. The molecule has 64 heavy (non-hydrogen) atoms. The predicted octanol–water partition coefficient (Wildman–Crippen LogP) is 9.11. The van der Waals surface area contributed by atoms with Crippen molar-refractivity contribution in [3.63, 3.8) is 0 Å². The zero-order valence-electron chi connectivity index (χ0n) is 35.5. The van der Waals surface area contributed by atoms with E-state index in [9.17, 15) is 0 Å². The van der Waals surface area contributed by atoms with Crippen LogP contribution in [0, 0.1) is 0 Å². The molecule has 0 saturated carbocycles. The van der Waals surface area contributed by atoms with E-state index in [1.54, 1.807) is 0 Å².